The molecule has 6 nitrogen and oxygen atoms in total. The third-order valence-corrected chi connectivity index (χ3v) is 4.69. The lowest BCUT2D eigenvalue weighted by molar-refractivity contribution is -0.148. The van der Waals surface area contributed by atoms with E-state index in [4.69, 9.17) is 9.26 Å². The molecule has 1 N–H and O–H groups in total. The number of aryl methyl sites for hydroxylation is 2. The first-order chi connectivity index (χ1) is 14.0. The topological polar surface area (TPSA) is 81.4 Å². The lowest BCUT2D eigenvalue weighted by Crippen LogP contribution is -2.33. The van der Waals surface area contributed by atoms with Crippen molar-refractivity contribution in [1.82, 2.24) is 10.5 Å². The number of rotatable bonds is 8. The number of aromatic nitrogens is 1. The van der Waals surface area contributed by atoms with E-state index in [2.05, 4.69) is 10.5 Å². The van der Waals surface area contributed by atoms with Gasteiger partial charge in [0.1, 0.15) is 5.76 Å². The Bertz CT molecular complexity index is 932. The largest absolute Gasteiger partial charge is 0.455 e. The molecule has 0 aliphatic heterocycles. The van der Waals surface area contributed by atoms with E-state index in [1.807, 2.05) is 60.7 Å². The van der Waals surface area contributed by atoms with Gasteiger partial charge in [-0.2, -0.15) is 0 Å². The van der Waals surface area contributed by atoms with Crippen molar-refractivity contribution in [3.05, 3.63) is 88.8 Å². The number of benzene rings is 2. The van der Waals surface area contributed by atoms with Crippen LogP contribution in [0.3, 0.4) is 0 Å². The Hall–Kier alpha value is -3.41. The first kappa shape index (κ1) is 20.3. The van der Waals surface area contributed by atoms with Crippen LogP contribution in [0.15, 0.2) is 65.2 Å². The summed E-state index contributed by atoms with van der Waals surface area (Å²) < 4.78 is 10.2. The molecule has 0 radical (unpaired) electrons. The van der Waals surface area contributed by atoms with Gasteiger partial charge < -0.3 is 14.6 Å². The highest BCUT2D eigenvalue weighted by Gasteiger charge is 2.18. The molecule has 3 rings (SSSR count). The van der Waals surface area contributed by atoms with Crippen LogP contribution in [0.4, 0.5) is 0 Å². The Labute approximate surface area is 169 Å². The van der Waals surface area contributed by atoms with Gasteiger partial charge in [0.05, 0.1) is 18.2 Å². The summed E-state index contributed by atoms with van der Waals surface area (Å²) in [7, 11) is 0. The third kappa shape index (κ3) is 5.78. The summed E-state index contributed by atoms with van der Waals surface area (Å²) in [4.78, 5) is 24.5. The Morgan fingerprint density at radius 2 is 1.69 bits per heavy atom. The number of nitrogens with zero attached hydrogens (tertiary/aromatic N) is 1. The summed E-state index contributed by atoms with van der Waals surface area (Å²) in [6.45, 7) is 3.17. The second-order valence-corrected chi connectivity index (χ2v) is 6.86. The molecule has 3 aromatic rings. The van der Waals surface area contributed by atoms with Gasteiger partial charge >= 0.3 is 5.97 Å². The van der Waals surface area contributed by atoms with Gasteiger partial charge in [-0.25, -0.2) is 0 Å². The Balaban J connectivity index is 1.59. The maximum Gasteiger partial charge on any atom is 0.310 e. The third-order valence-electron chi connectivity index (χ3n) is 4.69. The number of nitrogens with one attached hydrogen (secondary N) is 1. The molecule has 1 atom stereocenters. The molecule has 0 spiro atoms. The molecule has 1 aromatic heterocycles. The van der Waals surface area contributed by atoms with Crippen molar-refractivity contribution in [2.24, 2.45) is 0 Å². The van der Waals surface area contributed by atoms with Gasteiger partial charge in [0.15, 0.2) is 6.61 Å². The predicted molar refractivity (Wildman–Crippen MR) is 108 cm³/mol. The molecular weight excluding hydrogens is 368 g/mol. The van der Waals surface area contributed by atoms with Gasteiger partial charge in [-0.1, -0.05) is 65.8 Å². The molecule has 1 amide bonds. The van der Waals surface area contributed by atoms with Crippen molar-refractivity contribution < 1.29 is 18.8 Å². The molecule has 1 heterocycles. The highest BCUT2D eigenvalue weighted by atomic mass is 16.5. The summed E-state index contributed by atoms with van der Waals surface area (Å²) in [6.07, 6.45) is 0.671. The van der Waals surface area contributed by atoms with E-state index in [-0.39, 0.29) is 25.0 Å². The van der Waals surface area contributed by atoms with Crippen molar-refractivity contribution in [3.8, 4) is 0 Å². The molecule has 1 unspecified atom stereocenters. The van der Waals surface area contributed by atoms with Crippen LogP contribution < -0.4 is 5.32 Å². The van der Waals surface area contributed by atoms with Crippen molar-refractivity contribution in [3.63, 3.8) is 0 Å². The highest BCUT2D eigenvalue weighted by molar-refractivity contribution is 5.81. The summed E-state index contributed by atoms with van der Waals surface area (Å²) in [5.74, 6) is -0.258. The zero-order chi connectivity index (χ0) is 20.6. The minimum absolute atomic E-state index is 0.0283. The van der Waals surface area contributed by atoms with Gasteiger partial charge in [-0.15, -0.1) is 0 Å². The number of amides is 1. The molecule has 0 aliphatic rings. The van der Waals surface area contributed by atoms with Crippen LogP contribution in [-0.2, 0) is 27.2 Å². The normalized spacial score (nSPS) is 11.7. The van der Waals surface area contributed by atoms with Gasteiger partial charge in [-0.3, -0.25) is 9.59 Å². The van der Waals surface area contributed by atoms with Crippen LogP contribution in [0, 0.1) is 13.8 Å². The van der Waals surface area contributed by atoms with E-state index in [0.29, 0.717) is 23.4 Å². The number of ether oxygens (including phenoxy) is 1. The van der Waals surface area contributed by atoms with Crippen LogP contribution in [0.25, 0.3) is 0 Å². The van der Waals surface area contributed by atoms with E-state index in [9.17, 15) is 9.59 Å². The molecule has 0 aliphatic carbocycles. The molecule has 0 saturated heterocycles. The zero-order valence-corrected chi connectivity index (χ0v) is 16.6. The molecule has 0 bridgehead atoms. The van der Waals surface area contributed by atoms with Gasteiger partial charge in [0, 0.05) is 5.56 Å². The summed E-state index contributed by atoms with van der Waals surface area (Å²) in [5.41, 5.74) is 3.45. The standard InChI is InChI=1S/C23H24N2O4/c1-16-20(17(2)29-25-16)14-23(27)28-15-22(26)24-21(19-11-7-4-8-12-19)13-18-9-5-3-6-10-18/h3-12,21H,13-15H2,1-2H3,(H,24,26). The first-order valence-corrected chi connectivity index (χ1v) is 9.48. The summed E-state index contributed by atoms with van der Waals surface area (Å²) in [5, 5.41) is 6.79. The average molecular weight is 392 g/mol. The summed E-state index contributed by atoms with van der Waals surface area (Å²) in [6, 6.07) is 19.5. The van der Waals surface area contributed by atoms with Crippen LogP contribution in [0.2, 0.25) is 0 Å². The van der Waals surface area contributed by atoms with Crippen molar-refractivity contribution in [1.29, 1.82) is 0 Å². The molecular formula is C23H24N2O4. The molecule has 6 heteroatoms. The monoisotopic (exact) mass is 392 g/mol. The summed E-state index contributed by atoms with van der Waals surface area (Å²) >= 11 is 0. The lowest BCUT2D eigenvalue weighted by atomic mass is 9.99. The Morgan fingerprint density at radius 1 is 1.03 bits per heavy atom. The predicted octanol–water partition coefficient (Wildman–Crippen LogP) is 3.48. The minimum atomic E-state index is -0.492. The molecule has 0 fully saturated rings. The maximum atomic E-state index is 12.4. The van der Waals surface area contributed by atoms with Crippen LogP contribution in [0.5, 0.6) is 0 Å². The van der Waals surface area contributed by atoms with Gasteiger partial charge in [-0.05, 0) is 31.4 Å². The van der Waals surface area contributed by atoms with Crippen molar-refractivity contribution in [2.75, 3.05) is 6.61 Å². The number of hydrogen-bond donors (Lipinski definition) is 1. The van der Waals surface area contributed by atoms with Gasteiger partial charge in [0.2, 0.25) is 0 Å². The fourth-order valence-electron chi connectivity index (χ4n) is 3.12. The molecule has 29 heavy (non-hydrogen) atoms. The second kappa shape index (κ2) is 9.68. The molecule has 150 valence electrons. The van der Waals surface area contributed by atoms with E-state index in [0.717, 1.165) is 11.1 Å². The Kier molecular flexibility index (Phi) is 6.79. The van der Waals surface area contributed by atoms with E-state index < -0.39 is 5.97 Å². The van der Waals surface area contributed by atoms with Crippen LogP contribution in [-0.4, -0.2) is 23.6 Å². The average Bonchev–Trinajstić information content (AvgIpc) is 3.05. The fourth-order valence-corrected chi connectivity index (χ4v) is 3.12. The zero-order valence-electron chi connectivity index (χ0n) is 16.6. The fraction of sp³-hybridized carbons (Fsp3) is 0.261. The van der Waals surface area contributed by atoms with E-state index >= 15 is 0 Å². The SMILES string of the molecule is Cc1noc(C)c1CC(=O)OCC(=O)NC(Cc1ccccc1)c1ccccc1. The maximum absolute atomic E-state index is 12.4. The first-order valence-electron chi connectivity index (χ1n) is 9.48. The Morgan fingerprint density at radius 3 is 2.31 bits per heavy atom. The second-order valence-electron chi connectivity index (χ2n) is 6.86. The number of carbonyl (C=O) groups is 2. The minimum Gasteiger partial charge on any atom is -0.455 e. The lowest BCUT2D eigenvalue weighted by Gasteiger charge is -2.19. The van der Waals surface area contributed by atoms with E-state index in [1.165, 1.54) is 0 Å². The number of hydrogen-bond acceptors (Lipinski definition) is 5. The van der Waals surface area contributed by atoms with Crippen LogP contribution in [0.1, 0.15) is 34.2 Å². The molecule has 0 saturated carbocycles. The van der Waals surface area contributed by atoms with Crippen LogP contribution >= 0.6 is 0 Å². The number of carbonyl (C=O) groups excluding carboxylic acids is 2. The quantitative estimate of drug-likeness (QED) is 0.594. The van der Waals surface area contributed by atoms with Crippen molar-refractivity contribution in [2.45, 2.75) is 32.7 Å². The number of esters is 1. The smallest absolute Gasteiger partial charge is 0.310 e. The molecule has 2 aromatic carbocycles. The van der Waals surface area contributed by atoms with Gasteiger partial charge in [0.25, 0.3) is 5.91 Å². The van der Waals surface area contributed by atoms with E-state index in [1.54, 1.807) is 13.8 Å². The van der Waals surface area contributed by atoms with Crippen molar-refractivity contribution >= 4 is 11.9 Å². The highest BCUT2D eigenvalue weighted by Crippen LogP contribution is 2.18.